The van der Waals surface area contributed by atoms with Crippen LogP contribution in [0.15, 0.2) is 64.5 Å². The molecule has 0 aliphatic carbocycles. The second-order valence-electron chi connectivity index (χ2n) is 4.47. The van der Waals surface area contributed by atoms with Crippen molar-refractivity contribution >= 4 is 27.3 Å². The smallest absolute Gasteiger partial charge is 0.115 e. The molecule has 0 bridgehead atoms. The minimum absolute atomic E-state index is 0.165. The Balaban J connectivity index is 1.91. The summed E-state index contributed by atoms with van der Waals surface area (Å²) >= 11 is 5.08. The van der Waals surface area contributed by atoms with E-state index in [1.54, 1.807) is 11.3 Å². The normalized spacial score (nSPS) is 12.3. The molecule has 4 heteroatoms. The van der Waals surface area contributed by atoms with Crippen LogP contribution in [0, 0.1) is 0 Å². The van der Waals surface area contributed by atoms with Crippen molar-refractivity contribution in [2.45, 2.75) is 6.04 Å². The van der Waals surface area contributed by atoms with E-state index >= 15 is 0 Å². The number of nitrogens with two attached hydrogens (primary N) is 1. The molecule has 0 saturated carbocycles. The van der Waals surface area contributed by atoms with Gasteiger partial charge in [-0.25, -0.2) is 4.98 Å². The number of hydrogen-bond acceptors (Lipinski definition) is 3. The third-order valence-corrected chi connectivity index (χ3v) is 4.49. The highest BCUT2D eigenvalue weighted by molar-refractivity contribution is 9.10. The molecule has 0 aliphatic rings. The van der Waals surface area contributed by atoms with Gasteiger partial charge >= 0.3 is 0 Å². The fraction of sp³-hybridized carbons (Fsp3) is 0.0625. The maximum Gasteiger partial charge on any atom is 0.115 e. The fourth-order valence-electron chi connectivity index (χ4n) is 2.01. The number of nitrogens with zero attached hydrogens (tertiary/aromatic N) is 1. The zero-order valence-electron chi connectivity index (χ0n) is 10.7. The quantitative estimate of drug-likeness (QED) is 0.752. The lowest BCUT2D eigenvalue weighted by Gasteiger charge is -2.08. The minimum atomic E-state index is -0.165. The molecule has 1 heterocycles. The van der Waals surface area contributed by atoms with Crippen LogP contribution in [0.3, 0.4) is 0 Å². The Hall–Kier alpha value is -1.49. The molecule has 0 amide bonds. The Morgan fingerprint density at radius 2 is 1.85 bits per heavy atom. The number of thiazole rings is 1. The molecule has 3 rings (SSSR count). The van der Waals surface area contributed by atoms with Crippen LogP contribution in [0.1, 0.15) is 16.6 Å². The summed E-state index contributed by atoms with van der Waals surface area (Å²) in [6.45, 7) is 0. The van der Waals surface area contributed by atoms with Gasteiger partial charge in [0.15, 0.2) is 0 Å². The number of aromatic nitrogens is 1. The van der Waals surface area contributed by atoms with E-state index in [-0.39, 0.29) is 6.04 Å². The van der Waals surface area contributed by atoms with Gasteiger partial charge in [0.05, 0.1) is 11.7 Å². The first kappa shape index (κ1) is 13.5. The minimum Gasteiger partial charge on any atom is -0.318 e. The summed E-state index contributed by atoms with van der Waals surface area (Å²) in [4.78, 5) is 4.67. The van der Waals surface area contributed by atoms with E-state index in [1.165, 1.54) is 0 Å². The largest absolute Gasteiger partial charge is 0.318 e. The summed E-state index contributed by atoms with van der Waals surface area (Å²) in [5.41, 5.74) is 9.43. The highest BCUT2D eigenvalue weighted by Crippen LogP contribution is 2.28. The Morgan fingerprint density at radius 1 is 1.05 bits per heavy atom. The zero-order chi connectivity index (χ0) is 13.9. The Kier molecular flexibility index (Phi) is 3.96. The topological polar surface area (TPSA) is 38.9 Å². The number of benzene rings is 2. The molecule has 100 valence electrons. The molecule has 3 aromatic rings. The molecular weight excluding hydrogens is 332 g/mol. The average molecular weight is 345 g/mol. The molecular formula is C16H13BrN2S. The lowest BCUT2D eigenvalue weighted by molar-refractivity contribution is 0.859. The van der Waals surface area contributed by atoms with Crippen molar-refractivity contribution in [3.63, 3.8) is 0 Å². The van der Waals surface area contributed by atoms with Crippen LogP contribution in [0.4, 0.5) is 0 Å². The Morgan fingerprint density at radius 3 is 2.60 bits per heavy atom. The van der Waals surface area contributed by atoms with Gasteiger partial charge in [0.1, 0.15) is 5.01 Å². The monoisotopic (exact) mass is 344 g/mol. The second kappa shape index (κ2) is 5.87. The van der Waals surface area contributed by atoms with Crippen molar-refractivity contribution in [1.82, 2.24) is 4.98 Å². The molecule has 0 aliphatic heterocycles. The van der Waals surface area contributed by atoms with Crippen LogP contribution >= 0.6 is 27.3 Å². The molecule has 0 spiro atoms. The highest BCUT2D eigenvalue weighted by atomic mass is 79.9. The third-order valence-electron chi connectivity index (χ3n) is 3.07. The predicted molar refractivity (Wildman–Crippen MR) is 87.7 cm³/mol. The van der Waals surface area contributed by atoms with Gasteiger partial charge < -0.3 is 5.73 Å². The first-order valence-electron chi connectivity index (χ1n) is 6.26. The Bertz CT molecular complexity index is 709. The van der Waals surface area contributed by atoms with Gasteiger partial charge in [-0.05, 0) is 17.7 Å². The maximum absolute atomic E-state index is 6.28. The van der Waals surface area contributed by atoms with Crippen LogP contribution in [-0.2, 0) is 0 Å². The van der Waals surface area contributed by atoms with Gasteiger partial charge in [-0.3, -0.25) is 0 Å². The van der Waals surface area contributed by atoms with E-state index in [0.717, 1.165) is 26.3 Å². The molecule has 1 unspecified atom stereocenters. The standard InChI is InChI=1S/C16H13BrN2S/c17-13-8-4-7-12(9-13)14-10-20-16(19-14)15(18)11-5-2-1-3-6-11/h1-10,15H,18H2. The average Bonchev–Trinajstić information content (AvgIpc) is 2.97. The maximum atomic E-state index is 6.28. The summed E-state index contributed by atoms with van der Waals surface area (Å²) in [5.74, 6) is 0. The van der Waals surface area contributed by atoms with E-state index in [1.807, 2.05) is 42.5 Å². The van der Waals surface area contributed by atoms with Gasteiger partial charge in [0.2, 0.25) is 0 Å². The molecule has 0 radical (unpaired) electrons. The highest BCUT2D eigenvalue weighted by Gasteiger charge is 2.13. The van der Waals surface area contributed by atoms with Crippen LogP contribution in [0.25, 0.3) is 11.3 Å². The third kappa shape index (κ3) is 2.82. The number of halogens is 1. The molecule has 1 atom stereocenters. The van der Waals surface area contributed by atoms with Crippen LogP contribution in [0.5, 0.6) is 0 Å². The number of hydrogen-bond donors (Lipinski definition) is 1. The van der Waals surface area contributed by atoms with Crippen molar-refractivity contribution in [2.75, 3.05) is 0 Å². The van der Waals surface area contributed by atoms with Crippen molar-refractivity contribution in [3.8, 4) is 11.3 Å². The molecule has 20 heavy (non-hydrogen) atoms. The van der Waals surface area contributed by atoms with Crippen molar-refractivity contribution < 1.29 is 0 Å². The Labute approximate surface area is 130 Å². The van der Waals surface area contributed by atoms with Crippen LogP contribution in [0.2, 0.25) is 0 Å². The first-order chi connectivity index (χ1) is 9.74. The SMILES string of the molecule is NC(c1ccccc1)c1nc(-c2cccc(Br)c2)cs1. The van der Waals surface area contributed by atoms with E-state index in [4.69, 9.17) is 5.73 Å². The summed E-state index contributed by atoms with van der Waals surface area (Å²) in [7, 11) is 0. The van der Waals surface area contributed by atoms with Crippen molar-refractivity contribution in [1.29, 1.82) is 0 Å². The molecule has 2 aromatic carbocycles. The van der Waals surface area contributed by atoms with E-state index in [9.17, 15) is 0 Å². The lowest BCUT2D eigenvalue weighted by Crippen LogP contribution is -2.11. The van der Waals surface area contributed by atoms with Crippen molar-refractivity contribution in [2.24, 2.45) is 5.73 Å². The van der Waals surface area contributed by atoms with Gasteiger partial charge in [-0.1, -0.05) is 58.4 Å². The van der Waals surface area contributed by atoms with E-state index < -0.39 is 0 Å². The predicted octanol–water partition coefficient (Wildman–Crippen LogP) is 4.62. The molecule has 2 N–H and O–H groups in total. The van der Waals surface area contributed by atoms with Crippen molar-refractivity contribution in [3.05, 3.63) is 75.0 Å². The van der Waals surface area contributed by atoms with Gasteiger partial charge in [0, 0.05) is 15.4 Å². The second-order valence-corrected chi connectivity index (χ2v) is 6.28. The summed E-state index contributed by atoms with van der Waals surface area (Å²) < 4.78 is 1.05. The molecule has 2 nitrogen and oxygen atoms in total. The lowest BCUT2D eigenvalue weighted by atomic mass is 10.1. The van der Waals surface area contributed by atoms with Gasteiger partial charge in [0.25, 0.3) is 0 Å². The van der Waals surface area contributed by atoms with Gasteiger partial charge in [-0.2, -0.15) is 0 Å². The van der Waals surface area contributed by atoms with Crippen LogP contribution in [-0.4, -0.2) is 4.98 Å². The molecule has 1 aromatic heterocycles. The summed E-state index contributed by atoms with van der Waals surface area (Å²) in [6, 6.07) is 18.0. The molecule has 0 saturated heterocycles. The summed E-state index contributed by atoms with van der Waals surface area (Å²) in [5, 5.41) is 2.99. The number of rotatable bonds is 3. The zero-order valence-corrected chi connectivity index (χ0v) is 13.1. The first-order valence-corrected chi connectivity index (χ1v) is 7.93. The van der Waals surface area contributed by atoms with Gasteiger partial charge in [-0.15, -0.1) is 11.3 Å². The van der Waals surface area contributed by atoms with Crippen LogP contribution < -0.4 is 5.73 Å². The van der Waals surface area contributed by atoms with E-state index in [0.29, 0.717) is 0 Å². The van der Waals surface area contributed by atoms with E-state index in [2.05, 4.69) is 38.4 Å². The molecule has 0 fully saturated rings. The summed E-state index contributed by atoms with van der Waals surface area (Å²) in [6.07, 6.45) is 0. The fourth-order valence-corrected chi connectivity index (χ4v) is 3.27.